The van der Waals surface area contributed by atoms with Crippen molar-refractivity contribution in [1.29, 1.82) is 0 Å². The van der Waals surface area contributed by atoms with Crippen LogP contribution in [0.15, 0.2) is 28.9 Å². The maximum atomic E-state index is 12.5. The largest absolute Gasteiger partial charge is 0.311 e. The number of hydrogen-bond acceptors (Lipinski definition) is 1. The van der Waals surface area contributed by atoms with Crippen LogP contribution in [0.5, 0.6) is 0 Å². The number of hydrogen-bond donors (Lipinski definition) is 1. The van der Waals surface area contributed by atoms with Gasteiger partial charge in [-0.3, -0.25) is 0 Å². The predicted molar refractivity (Wildman–Crippen MR) is 107 cm³/mol. The molecule has 2 nitrogen and oxygen atoms in total. The van der Waals surface area contributed by atoms with Crippen molar-refractivity contribution in [3.63, 3.8) is 0 Å². The molecular formula is C20H28BrNOS. The fourth-order valence-electron chi connectivity index (χ4n) is 3.98. The summed E-state index contributed by atoms with van der Waals surface area (Å²) < 4.78 is 16.5. The van der Waals surface area contributed by atoms with Gasteiger partial charge in [0.1, 0.15) is 11.0 Å². The van der Waals surface area contributed by atoms with Gasteiger partial charge in [0.15, 0.2) is 0 Å². The molecule has 4 heteroatoms. The Balaban J connectivity index is 1.97. The van der Waals surface area contributed by atoms with E-state index < -0.39 is 11.0 Å². The van der Waals surface area contributed by atoms with E-state index in [0.717, 1.165) is 16.8 Å². The normalized spacial score (nSPS) is 29.7. The molecule has 0 aromatic heterocycles. The third-order valence-corrected chi connectivity index (χ3v) is 7.50. The van der Waals surface area contributed by atoms with Crippen molar-refractivity contribution in [1.82, 2.24) is 4.72 Å². The second kappa shape index (κ2) is 6.60. The number of fused-ring (bicyclic) bond motifs is 1. The summed E-state index contributed by atoms with van der Waals surface area (Å²) in [6.07, 6.45) is 8.23. The Morgan fingerprint density at radius 1 is 1.29 bits per heavy atom. The summed E-state index contributed by atoms with van der Waals surface area (Å²) in [5.41, 5.74) is 4.35. The minimum atomic E-state index is -1.08. The SMILES string of the molecule is CC1CCC2(CC1)Cc1ccc(Br)cc1C2=CNS(=O)C(C)(C)C. The first-order valence-corrected chi connectivity index (χ1v) is 10.8. The van der Waals surface area contributed by atoms with Crippen LogP contribution in [-0.4, -0.2) is 8.96 Å². The molecule has 0 bridgehead atoms. The van der Waals surface area contributed by atoms with E-state index in [9.17, 15) is 4.21 Å². The Morgan fingerprint density at radius 2 is 1.96 bits per heavy atom. The molecule has 1 atom stereocenters. The Labute approximate surface area is 157 Å². The quantitative estimate of drug-likeness (QED) is 0.676. The van der Waals surface area contributed by atoms with Gasteiger partial charge in [-0.15, -0.1) is 0 Å². The van der Waals surface area contributed by atoms with Crippen molar-refractivity contribution in [2.24, 2.45) is 11.3 Å². The van der Waals surface area contributed by atoms with Gasteiger partial charge in [0.05, 0.1) is 4.75 Å². The molecule has 2 aliphatic rings. The van der Waals surface area contributed by atoms with Crippen molar-refractivity contribution in [3.8, 4) is 0 Å². The number of allylic oxidation sites excluding steroid dienone is 1. The Kier molecular flexibility index (Phi) is 5.00. The van der Waals surface area contributed by atoms with E-state index in [0.29, 0.717) is 0 Å². The lowest BCUT2D eigenvalue weighted by Crippen LogP contribution is -2.32. The number of halogens is 1. The van der Waals surface area contributed by atoms with Crippen LogP contribution in [0.3, 0.4) is 0 Å². The Hall–Kier alpha value is -0.610. The van der Waals surface area contributed by atoms with E-state index in [-0.39, 0.29) is 10.2 Å². The molecule has 0 heterocycles. The van der Waals surface area contributed by atoms with Crippen LogP contribution in [0.1, 0.15) is 64.5 Å². The van der Waals surface area contributed by atoms with Crippen LogP contribution in [0, 0.1) is 11.3 Å². The Bertz CT molecular complexity index is 681. The maximum absolute atomic E-state index is 12.5. The zero-order valence-electron chi connectivity index (χ0n) is 15.1. The third-order valence-electron chi connectivity index (χ3n) is 5.56. The fraction of sp³-hybridized carbons (Fsp3) is 0.600. The van der Waals surface area contributed by atoms with Crippen LogP contribution >= 0.6 is 15.9 Å². The van der Waals surface area contributed by atoms with Gasteiger partial charge in [0.25, 0.3) is 0 Å². The highest BCUT2D eigenvalue weighted by molar-refractivity contribution is 9.10. The first kappa shape index (κ1) is 18.2. The third kappa shape index (κ3) is 3.50. The molecule has 0 amide bonds. The van der Waals surface area contributed by atoms with Gasteiger partial charge in [-0.1, -0.05) is 28.9 Å². The number of rotatable bonds is 2. The van der Waals surface area contributed by atoms with Gasteiger partial charge >= 0.3 is 0 Å². The lowest BCUT2D eigenvalue weighted by Gasteiger charge is -2.38. The molecular weight excluding hydrogens is 382 g/mol. The molecule has 0 aliphatic heterocycles. The van der Waals surface area contributed by atoms with Gasteiger partial charge in [-0.2, -0.15) is 0 Å². The van der Waals surface area contributed by atoms with E-state index in [1.54, 1.807) is 0 Å². The van der Waals surface area contributed by atoms with Gasteiger partial charge in [-0.25, -0.2) is 4.21 Å². The summed E-state index contributed by atoms with van der Waals surface area (Å²) in [6, 6.07) is 6.62. The summed E-state index contributed by atoms with van der Waals surface area (Å²) in [4.78, 5) is 0. The second-order valence-electron chi connectivity index (χ2n) is 8.50. The number of benzene rings is 1. The van der Waals surface area contributed by atoms with Crippen LogP contribution in [0.2, 0.25) is 0 Å². The smallest absolute Gasteiger partial charge is 0.122 e. The highest BCUT2D eigenvalue weighted by Gasteiger charge is 2.43. The predicted octanol–water partition coefficient (Wildman–Crippen LogP) is 5.59. The van der Waals surface area contributed by atoms with E-state index in [4.69, 9.17) is 0 Å². The molecule has 1 spiro atoms. The molecule has 24 heavy (non-hydrogen) atoms. The molecule has 1 aromatic carbocycles. The summed E-state index contributed by atoms with van der Waals surface area (Å²) in [5.74, 6) is 0.823. The molecule has 1 aromatic rings. The Morgan fingerprint density at radius 3 is 2.58 bits per heavy atom. The van der Waals surface area contributed by atoms with Crippen molar-refractivity contribution in [2.45, 2.75) is 64.5 Å². The van der Waals surface area contributed by atoms with Gasteiger partial charge in [0, 0.05) is 16.1 Å². The molecule has 1 unspecified atom stereocenters. The highest BCUT2D eigenvalue weighted by atomic mass is 79.9. The first-order chi connectivity index (χ1) is 11.2. The average molecular weight is 410 g/mol. The molecule has 1 N–H and O–H groups in total. The zero-order valence-corrected chi connectivity index (χ0v) is 17.5. The topological polar surface area (TPSA) is 29.1 Å². The molecule has 3 rings (SSSR count). The molecule has 1 fully saturated rings. The summed E-state index contributed by atoms with van der Waals surface area (Å²) in [6.45, 7) is 8.38. The van der Waals surface area contributed by atoms with E-state index in [1.807, 2.05) is 20.8 Å². The van der Waals surface area contributed by atoms with E-state index in [2.05, 4.69) is 52.0 Å². The van der Waals surface area contributed by atoms with Crippen molar-refractivity contribution in [2.75, 3.05) is 0 Å². The summed E-state index contributed by atoms with van der Waals surface area (Å²) in [5, 5.41) is 0. The van der Waals surface area contributed by atoms with E-state index >= 15 is 0 Å². The van der Waals surface area contributed by atoms with E-state index in [1.165, 1.54) is 42.4 Å². The second-order valence-corrected chi connectivity index (χ2v) is 11.4. The fourth-order valence-corrected chi connectivity index (χ4v) is 4.92. The lowest BCUT2D eigenvalue weighted by molar-refractivity contribution is 0.228. The van der Waals surface area contributed by atoms with Gasteiger partial charge in [-0.05, 0) is 87.6 Å². The minimum Gasteiger partial charge on any atom is -0.311 e. The van der Waals surface area contributed by atoms with Crippen molar-refractivity contribution >= 4 is 32.5 Å². The monoisotopic (exact) mass is 409 g/mol. The standard InChI is InChI=1S/C20H28BrNOS/c1-14-7-9-20(10-8-14)12-15-5-6-16(21)11-17(15)18(20)13-22-24(23)19(2,3)4/h5-6,11,13-14,22H,7-10,12H2,1-4H3. The van der Waals surface area contributed by atoms with Crippen molar-refractivity contribution in [3.05, 3.63) is 40.0 Å². The highest BCUT2D eigenvalue weighted by Crippen LogP contribution is 2.55. The zero-order chi connectivity index (χ0) is 17.5. The van der Waals surface area contributed by atoms with Crippen LogP contribution < -0.4 is 4.72 Å². The van der Waals surface area contributed by atoms with Crippen molar-refractivity contribution < 1.29 is 4.21 Å². The lowest BCUT2D eigenvalue weighted by atomic mass is 9.67. The summed E-state index contributed by atoms with van der Waals surface area (Å²) in [7, 11) is -1.08. The summed E-state index contributed by atoms with van der Waals surface area (Å²) >= 11 is 3.62. The van der Waals surface area contributed by atoms with Gasteiger partial charge < -0.3 is 4.72 Å². The van der Waals surface area contributed by atoms with Crippen LogP contribution in [0.25, 0.3) is 5.57 Å². The maximum Gasteiger partial charge on any atom is 0.122 e. The average Bonchev–Trinajstić information content (AvgIpc) is 2.80. The van der Waals surface area contributed by atoms with Crippen LogP contribution in [-0.2, 0) is 17.4 Å². The molecule has 1 saturated carbocycles. The molecule has 0 saturated heterocycles. The van der Waals surface area contributed by atoms with Crippen LogP contribution in [0.4, 0.5) is 0 Å². The molecule has 132 valence electrons. The van der Waals surface area contributed by atoms with Gasteiger partial charge in [0.2, 0.25) is 0 Å². The first-order valence-electron chi connectivity index (χ1n) is 8.89. The minimum absolute atomic E-state index is 0.227. The number of nitrogens with one attached hydrogen (secondary N) is 1. The molecule has 0 radical (unpaired) electrons. The molecule has 2 aliphatic carbocycles.